The first-order valence-corrected chi connectivity index (χ1v) is 6.98. The molecule has 0 fully saturated rings. The Morgan fingerprint density at radius 1 is 1.38 bits per heavy atom. The van der Waals surface area contributed by atoms with Crippen LogP contribution in [-0.2, 0) is 11.3 Å². The number of ether oxygens (including phenoxy) is 1. The van der Waals surface area contributed by atoms with Crippen molar-refractivity contribution >= 4 is 29.1 Å². The van der Waals surface area contributed by atoms with Crippen LogP contribution >= 0.6 is 23.2 Å². The van der Waals surface area contributed by atoms with Crippen LogP contribution in [0.25, 0.3) is 0 Å². The maximum absolute atomic E-state index is 11.7. The van der Waals surface area contributed by atoms with E-state index in [0.29, 0.717) is 27.4 Å². The second kappa shape index (κ2) is 6.83. The monoisotopic (exact) mass is 328 g/mol. The smallest absolute Gasteiger partial charge is 0.258 e. The zero-order chi connectivity index (χ0) is 15.4. The molecule has 0 atom stereocenters. The molecule has 1 N–H and O–H groups in total. The van der Waals surface area contributed by atoms with E-state index in [1.807, 2.05) is 6.92 Å². The molecule has 21 heavy (non-hydrogen) atoms. The Morgan fingerprint density at radius 3 is 2.76 bits per heavy atom. The van der Waals surface area contributed by atoms with Gasteiger partial charge in [0.05, 0.1) is 17.3 Å². The van der Waals surface area contributed by atoms with E-state index in [1.54, 1.807) is 25.1 Å². The van der Waals surface area contributed by atoms with Gasteiger partial charge in [-0.3, -0.25) is 4.79 Å². The van der Waals surface area contributed by atoms with Gasteiger partial charge in [0.15, 0.2) is 12.5 Å². The first kappa shape index (κ1) is 15.7. The first-order chi connectivity index (χ1) is 9.95. The number of nitrogens with zero attached hydrogens (tertiary/aromatic N) is 1. The molecular formula is C14H14Cl2N2O3. The minimum Gasteiger partial charge on any atom is -0.482 e. The highest BCUT2D eigenvalue weighted by Gasteiger charge is 2.10. The van der Waals surface area contributed by atoms with Crippen LogP contribution in [0.1, 0.15) is 17.3 Å². The van der Waals surface area contributed by atoms with Gasteiger partial charge in [0, 0.05) is 11.9 Å². The van der Waals surface area contributed by atoms with Gasteiger partial charge in [-0.25, -0.2) is 4.98 Å². The number of halogens is 2. The molecule has 0 spiro atoms. The molecule has 1 heterocycles. The van der Waals surface area contributed by atoms with Crippen LogP contribution in [0.5, 0.6) is 5.75 Å². The third-order valence-electron chi connectivity index (χ3n) is 2.70. The van der Waals surface area contributed by atoms with Crippen molar-refractivity contribution < 1.29 is 13.9 Å². The summed E-state index contributed by atoms with van der Waals surface area (Å²) in [7, 11) is 0. The van der Waals surface area contributed by atoms with Gasteiger partial charge in [-0.05, 0) is 25.1 Å². The zero-order valence-corrected chi connectivity index (χ0v) is 13.1. The number of benzene rings is 1. The predicted molar refractivity (Wildman–Crippen MR) is 79.8 cm³/mol. The molecule has 1 aromatic carbocycles. The Balaban J connectivity index is 1.83. The summed E-state index contributed by atoms with van der Waals surface area (Å²) in [4.78, 5) is 15.8. The summed E-state index contributed by atoms with van der Waals surface area (Å²) in [6.07, 6.45) is 0. The first-order valence-electron chi connectivity index (χ1n) is 6.23. The SMILES string of the molecule is Cc1nc(C)c(CNC(=O)COc2ccc(Cl)cc2Cl)o1. The number of carbonyl (C=O) groups is 1. The van der Waals surface area contributed by atoms with Crippen LogP contribution in [0.4, 0.5) is 0 Å². The minimum absolute atomic E-state index is 0.145. The van der Waals surface area contributed by atoms with E-state index in [0.717, 1.165) is 5.69 Å². The highest BCUT2D eigenvalue weighted by atomic mass is 35.5. The Hall–Kier alpha value is -1.72. The second-order valence-electron chi connectivity index (χ2n) is 4.38. The summed E-state index contributed by atoms with van der Waals surface area (Å²) in [5, 5.41) is 3.55. The number of amides is 1. The maximum atomic E-state index is 11.7. The van der Waals surface area contributed by atoms with Gasteiger partial charge in [0.2, 0.25) is 0 Å². The Morgan fingerprint density at radius 2 is 2.14 bits per heavy atom. The fourth-order valence-electron chi connectivity index (χ4n) is 1.70. The molecule has 2 rings (SSSR count). The van der Waals surface area contributed by atoms with Gasteiger partial charge >= 0.3 is 0 Å². The number of aryl methyl sites for hydroxylation is 2. The van der Waals surface area contributed by atoms with Crippen LogP contribution < -0.4 is 10.1 Å². The lowest BCUT2D eigenvalue weighted by Gasteiger charge is -2.08. The number of oxazole rings is 1. The molecular weight excluding hydrogens is 315 g/mol. The maximum Gasteiger partial charge on any atom is 0.258 e. The molecule has 1 amide bonds. The fourth-order valence-corrected chi connectivity index (χ4v) is 2.17. The molecule has 0 aliphatic heterocycles. The van der Waals surface area contributed by atoms with Crippen molar-refractivity contribution in [2.45, 2.75) is 20.4 Å². The van der Waals surface area contributed by atoms with Gasteiger partial charge in [-0.1, -0.05) is 23.2 Å². The summed E-state index contributed by atoms with van der Waals surface area (Å²) in [6, 6.07) is 4.81. The lowest BCUT2D eigenvalue weighted by Crippen LogP contribution is -2.28. The number of aromatic nitrogens is 1. The van der Waals surface area contributed by atoms with Crippen molar-refractivity contribution in [3.8, 4) is 5.75 Å². The molecule has 0 unspecified atom stereocenters. The molecule has 0 bridgehead atoms. The van der Waals surface area contributed by atoms with Crippen molar-refractivity contribution in [3.05, 3.63) is 45.6 Å². The third-order valence-corrected chi connectivity index (χ3v) is 3.23. The average molecular weight is 329 g/mol. The van der Waals surface area contributed by atoms with Crippen LogP contribution in [0, 0.1) is 13.8 Å². The molecule has 0 aliphatic carbocycles. The van der Waals surface area contributed by atoms with Crippen LogP contribution in [0.15, 0.2) is 22.6 Å². The van der Waals surface area contributed by atoms with E-state index < -0.39 is 0 Å². The van der Waals surface area contributed by atoms with Crippen molar-refractivity contribution in [3.63, 3.8) is 0 Å². The molecule has 0 radical (unpaired) electrons. The Kier molecular flexibility index (Phi) is 5.09. The Labute approximate surface area is 132 Å². The lowest BCUT2D eigenvalue weighted by atomic mass is 10.3. The Bertz CT molecular complexity index is 656. The third kappa shape index (κ3) is 4.37. The van der Waals surface area contributed by atoms with Crippen LogP contribution in [-0.4, -0.2) is 17.5 Å². The predicted octanol–water partition coefficient (Wildman–Crippen LogP) is 3.29. The van der Waals surface area contributed by atoms with Gasteiger partial charge < -0.3 is 14.5 Å². The number of nitrogens with one attached hydrogen (secondary N) is 1. The topological polar surface area (TPSA) is 64.4 Å². The van der Waals surface area contributed by atoms with Gasteiger partial charge in [-0.15, -0.1) is 0 Å². The number of hydrogen-bond acceptors (Lipinski definition) is 4. The lowest BCUT2D eigenvalue weighted by molar-refractivity contribution is -0.123. The van der Waals surface area contributed by atoms with Crippen molar-refractivity contribution in [1.82, 2.24) is 10.3 Å². The molecule has 5 nitrogen and oxygen atoms in total. The molecule has 0 saturated carbocycles. The van der Waals surface area contributed by atoms with E-state index in [9.17, 15) is 4.79 Å². The molecule has 1 aromatic heterocycles. The summed E-state index contributed by atoms with van der Waals surface area (Å²) in [5.41, 5.74) is 0.759. The van der Waals surface area contributed by atoms with E-state index in [2.05, 4.69) is 10.3 Å². The molecule has 7 heteroatoms. The number of carbonyl (C=O) groups excluding carboxylic acids is 1. The number of rotatable bonds is 5. The molecule has 112 valence electrons. The fraction of sp³-hybridized carbons (Fsp3) is 0.286. The largest absolute Gasteiger partial charge is 0.482 e. The van der Waals surface area contributed by atoms with Crippen molar-refractivity contribution in [2.24, 2.45) is 0 Å². The highest BCUT2D eigenvalue weighted by Crippen LogP contribution is 2.27. The standard InChI is InChI=1S/C14H14Cl2N2O3/c1-8-13(21-9(2)18-8)6-17-14(19)7-20-12-4-3-10(15)5-11(12)16/h3-5H,6-7H2,1-2H3,(H,17,19). The van der Waals surface area contributed by atoms with Crippen LogP contribution in [0.3, 0.4) is 0 Å². The van der Waals surface area contributed by atoms with E-state index >= 15 is 0 Å². The highest BCUT2D eigenvalue weighted by molar-refractivity contribution is 6.35. The minimum atomic E-state index is -0.283. The summed E-state index contributed by atoms with van der Waals surface area (Å²) in [5.74, 6) is 1.32. The molecule has 0 aliphatic rings. The normalized spacial score (nSPS) is 10.5. The van der Waals surface area contributed by atoms with E-state index in [1.165, 1.54) is 0 Å². The van der Waals surface area contributed by atoms with Gasteiger partial charge in [0.25, 0.3) is 5.91 Å². The molecule has 2 aromatic rings. The second-order valence-corrected chi connectivity index (χ2v) is 5.23. The van der Waals surface area contributed by atoms with Gasteiger partial charge in [-0.2, -0.15) is 0 Å². The van der Waals surface area contributed by atoms with E-state index in [-0.39, 0.29) is 19.1 Å². The quantitative estimate of drug-likeness (QED) is 0.914. The number of hydrogen-bond donors (Lipinski definition) is 1. The summed E-state index contributed by atoms with van der Waals surface area (Å²) in [6.45, 7) is 3.70. The average Bonchev–Trinajstić information content (AvgIpc) is 2.73. The molecule has 0 saturated heterocycles. The summed E-state index contributed by atoms with van der Waals surface area (Å²) >= 11 is 11.7. The summed E-state index contributed by atoms with van der Waals surface area (Å²) < 4.78 is 10.7. The van der Waals surface area contributed by atoms with Gasteiger partial charge in [0.1, 0.15) is 11.5 Å². The zero-order valence-electron chi connectivity index (χ0n) is 11.6. The van der Waals surface area contributed by atoms with E-state index in [4.69, 9.17) is 32.4 Å². The van der Waals surface area contributed by atoms with Crippen LogP contribution in [0.2, 0.25) is 10.0 Å². The van der Waals surface area contributed by atoms with Crippen molar-refractivity contribution in [2.75, 3.05) is 6.61 Å². The van der Waals surface area contributed by atoms with Crippen molar-refractivity contribution in [1.29, 1.82) is 0 Å².